The minimum Gasteiger partial charge on any atom is -0.378 e. The third-order valence-electron chi connectivity index (χ3n) is 7.56. The number of hydrogen-bond acceptors (Lipinski definition) is 5. The molecular weight excluding hydrogens is 434 g/mol. The zero-order valence-electron chi connectivity index (χ0n) is 21.1. The molecule has 0 bridgehead atoms. The van der Waals surface area contributed by atoms with Gasteiger partial charge in [0.25, 0.3) is 0 Å². The first-order chi connectivity index (χ1) is 16.7. The van der Waals surface area contributed by atoms with Crippen LogP contribution < -0.4 is 20.9 Å². The monoisotopic (exact) mass is 469 g/mol. The molecule has 5 rings (SSSR count). The number of carbonyl (C=O) groups excluding carboxylic acids is 1. The van der Waals surface area contributed by atoms with E-state index >= 15 is 0 Å². The summed E-state index contributed by atoms with van der Waals surface area (Å²) in [4.78, 5) is 21.2. The highest BCUT2D eigenvalue weighted by Crippen LogP contribution is 2.44. The summed E-state index contributed by atoms with van der Waals surface area (Å²) in [7, 11) is 0. The largest absolute Gasteiger partial charge is 0.378 e. The molecule has 2 aromatic carbocycles. The molecule has 1 atom stereocenters. The summed E-state index contributed by atoms with van der Waals surface area (Å²) in [5, 5.41) is 3.69. The molecule has 1 fully saturated rings. The van der Waals surface area contributed by atoms with Crippen molar-refractivity contribution in [2.24, 2.45) is 5.73 Å². The van der Waals surface area contributed by atoms with Gasteiger partial charge < -0.3 is 20.9 Å². The normalized spacial score (nSPS) is 19.1. The number of benzene rings is 2. The van der Waals surface area contributed by atoms with Crippen LogP contribution in [0.15, 0.2) is 54.9 Å². The summed E-state index contributed by atoms with van der Waals surface area (Å²) < 4.78 is 0. The van der Waals surface area contributed by atoms with E-state index in [-0.39, 0.29) is 17.4 Å². The van der Waals surface area contributed by atoms with E-state index in [1.165, 1.54) is 28.1 Å². The number of anilines is 3. The third kappa shape index (κ3) is 4.57. The predicted octanol–water partition coefficient (Wildman–Crippen LogP) is 4.96. The van der Waals surface area contributed by atoms with Crippen LogP contribution in [0.4, 0.5) is 17.1 Å². The second kappa shape index (κ2) is 8.91. The van der Waals surface area contributed by atoms with Crippen molar-refractivity contribution >= 4 is 23.0 Å². The molecule has 6 nitrogen and oxygen atoms in total. The number of aryl methyl sites for hydroxylation is 2. The quantitative estimate of drug-likeness (QED) is 0.565. The fourth-order valence-corrected chi connectivity index (χ4v) is 5.62. The van der Waals surface area contributed by atoms with Gasteiger partial charge >= 0.3 is 0 Å². The van der Waals surface area contributed by atoms with Gasteiger partial charge in [-0.15, -0.1) is 0 Å². The first-order valence-corrected chi connectivity index (χ1v) is 12.4. The van der Waals surface area contributed by atoms with Crippen molar-refractivity contribution in [3.63, 3.8) is 0 Å². The van der Waals surface area contributed by atoms with Gasteiger partial charge in [0.2, 0.25) is 5.91 Å². The Bertz CT molecular complexity index is 1260. The first-order valence-electron chi connectivity index (χ1n) is 12.4. The highest BCUT2D eigenvalue weighted by atomic mass is 16.1. The first kappa shape index (κ1) is 23.2. The van der Waals surface area contributed by atoms with Crippen LogP contribution in [0, 0.1) is 13.8 Å². The molecule has 6 heteroatoms. The molecule has 3 aromatic rings. The molecule has 182 valence electrons. The standard InChI is InChI=1S/C29H35N5O/c1-19-5-8-27(20(2)13-19)34-11-9-33(10-12-34)23-14-22(17-31-18-23)26-16-29(3,4)24-15-21(28(30)35)6-7-25(24)32-26/h5-8,13-15,17-18,26,32H,9-12,16H2,1-4H3,(H2,30,35). The molecule has 3 heterocycles. The fraction of sp³-hybridized carbons (Fsp3) is 0.379. The van der Waals surface area contributed by atoms with Crippen LogP contribution in [0.5, 0.6) is 0 Å². The van der Waals surface area contributed by atoms with Crippen molar-refractivity contribution in [3.8, 4) is 0 Å². The number of hydrogen-bond donors (Lipinski definition) is 2. The Morgan fingerprint density at radius 1 is 1.00 bits per heavy atom. The molecule has 35 heavy (non-hydrogen) atoms. The van der Waals surface area contributed by atoms with Crippen molar-refractivity contribution in [3.05, 3.63) is 82.7 Å². The van der Waals surface area contributed by atoms with Crippen molar-refractivity contribution < 1.29 is 4.79 Å². The number of piperazine rings is 1. The van der Waals surface area contributed by atoms with Crippen LogP contribution in [-0.2, 0) is 5.41 Å². The topological polar surface area (TPSA) is 74.5 Å². The van der Waals surface area contributed by atoms with E-state index in [1.54, 1.807) is 6.07 Å². The van der Waals surface area contributed by atoms with E-state index in [4.69, 9.17) is 5.73 Å². The van der Waals surface area contributed by atoms with E-state index in [0.29, 0.717) is 5.56 Å². The van der Waals surface area contributed by atoms with Gasteiger partial charge in [0.05, 0.1) is 17.9 Å². The predicted molar refractivity (Wildman–Crippen MR) is 144 cm³/mol. The average Bonchev–Trinajstić information content (AvgIpc) is 2.83. The lowest BCUT2D eigenvalue weighted by molar-refractivity contribution is 0.1000. The number of amides is 1. The highest BCUT2D eigenvalue weighted by Gasteiger charge is 2.34. The molecule has 1 aromatic heterocycles. The lowest BCUT2D eigenvalue weighted by Crippen LogP contribution is -2.46. The van der Waals surface area contributed by atoms with Gasteiger partial charge in [-0.1, -0.05) is 31.5 Å². The van der Waals surface area contributed by atoms with E-state index in [0.717, 1.165) is 43.9 Å². The molecule has 0 radical (unpaired) electrons. The molecule has 0 aliphatic carbocycles. The number of nitrogens with two attached hydrogens (primary N) is 1. The average molecular weight is 470 g/mol. The SMILES string of the molecule is Cc1ccc(N2CCN(c3cncc(C4CC(C)(C)c5cc(C(N)=O)ccc5N4)c3)CC2)c(C)c1. The van der Waals surface area contributed by atoms with Crippen molar-refractivity contribution in [1.29, 1.82) is 0 Å². The molecule has 1 amide bonds. The molecular formula is C29H35N5O. The smallest absolute Gasteiger partial charge is 0.248 e. The van der Waals surface area contributed by atoms with Crippen LogP contribution >= 0.6 is 0 Å². The molecule has 1 saturated heterocycles. The highest BCUT2D eigenvalue weighted by molar-refractivity contribution is 5.93. The maximum absolute atomic E-state index is 11.7. The van der Waals surface area contributed by atoms with E-state index in [1.807, 2.05) is 24.5 Å². The summed E-state index contributed by atoms with van der Waals surface area (Å²) >= 11 is 0. The van der Waals surface area contributed by atoms with E-state index < -0.39 is 0 Å². The van der Waals surface area contributed by atoms with E-state index in [2.05, 4.69) is 72.1 Å². The lowest BCUT2D eigenvalue weighted by atomic mass is 9.74. The van der Waals surface area contributed by atoms with Crippen LogP contribution in [0.2, 0.25) is 0 Å². The Balaban J connectivity index is 1.32. The van der Waals surface area contributed by atoms with Gasteiger partial charge in [-0.2, -0.15) is 0 Å². The molecule has 0 spiro atoms. The minimum absolute atomic E-state index is 0.0930. The molecule has 0 saturated carbocycles. The maximum Gasteiger partial charge on any atom is 0.248 e. The third-order valence-corrected chi connectivity index (χ3v) is 7.56. The Labute approximate surface area is 208 Å². The van der Waals surface area contributed by atoms with Gasteiger partial charge in [0.15, 0.2) is 0 Å². The summed E-state index contributed by atoms with van der Waals surface area (Å²) in [6, 6.07) is 14.9. The van der Waals surface area contributed by atoms with Crippen molar-refractivity contribution in [1.82, 2.24) is 4.98 Å². The van der Waals surface area contributed by atoms with Crippen LogP contribution in [0.25, 0.3) is 0 Å². The van der Waals surface area contributed by atoms with Gasteiger partial charge in [0, 0.05) is 49.3 Å². The number of rotatable bonds is 4. The van der Waals surface area contributed by atoms with Gasteiger partial charge in [-0.3, -0.25) is 9.78 Å². The minimum atomic E-state index is -0.389. The number of nitrogens with one attached hydrogen (secondary N) is 1. The van der Waals surface area contributed by atoms with Gasteiger partial charge in [-0.25, -0.2) is 0 Å². The van der Waals surface area contributed by atoms with Crippen molar-refractivity contribution in [2.75, 3.05) is 41.3 Å². The van der Waals surface area contributed by atoms with E-state index in [9.17, 15) is 4.79 Å². The second-order valence-corrected chi connectivity index (χ2v) is 10.7. The van der Waals surface area contributed by atoms with Crippen LogP contribution in [0.1, 0.15) is 58.9 Å². The number of nitrogens with zero attached hydrogens (tertiary/aromatic N) is 3. The summed E-state index contributed by atoms with van der Waals surface area (Å²) in [5.41, 5.74) is 14.5. The summed E-state index contributed by atoms with van der Waals surface area (Å²) in [5.74, 6) is -0.389. The lowest BCUT2D eigenvalue weighted by Gasteiger charge is -2.40. The number of primary amides is 1. The Morgan fingerprint density at radius 2 is 1.74 bits per heavy atom. The number of aromatic nitrogens is 1. The van der Waals surface area contributed by atoms with Gasteiger partial charge in [-0.05, 0) is 72.7 Å². The molecule has 3 N–H and O–H groups in total. The second-order valence-electron chi connectivity index (χ2n) is 10.7. The Hall–Kier alpha value is -3.54. The van der Waals surface area contributed by atoms with Gasteiger partial charge in [0.1, 0.15) is 0 Å². The summed E-state index contributed by atoms with van der Waals surface area (Å²) in [6.45, 7) is 12.8. The number of carbonyl (C=O) groups is 1. The molecule has 2 aliphatic rings. The zero-order valence-corrected chi connectivity index (χ0v) is 21.1. The Morgan fingerprint density at radius 3 is 2.46 bits per heavy atom. The zero-order chi connectivity index (χ0) is 24.7. The Kier molecular flexibility index (Phi) is 5.91. The maximum atomic E-state index is 11.7. The number of pyridine rings is 1. The fourth-order valence-electron chi connectivity index (χ4n) is 5.62. The number of fused-ring (bicyclic) bond motifs is 1. The van der Waals surface area contributed by atoms with Crippen LogP contribution in [-0.4, -0.2) is 37.1 Å². The van der Waals surface area contributed by atoms with Crippen LogP contribution in [0.3, 0.4) is 0 Å². The molecule has 2 aliphatic heterocycles. The molecule has 1 unspecified atom stereocenters. The summed E-state index contributed by atoms with van der Waals surface area (Å²) in [6.07, 6.45) is 4.87. The van der Waals surface area contributed by atoms with Crippen molar-refractivity contribution in [2.45, 2.75) is 45.6 Å².